The predicted molar refractivity (Wildman–Crippen MR) is 104 cm³/mol. The highest BCUT2D eigenvalue weighted by Crippen LogP contribution is 2.25. The Morgan fingerprint density at radius 2 is 1.96 bits per heavy atom. The van der Waals surface area contributed by atoms with Gasteiger partial charge in [0.25, 0.3) is 0 Å². The number of rotatable bonds is 7. The van der Waals surface area contributed by atoms with Crippen LogP contribution in [0.15, 0.2) is 18.2 Å². The minimum atomic E-state index is -0.798. The van der Waals surface area contributed by atoms with E-state index in [-0.39, 0.29) is 11.8 Å². The Morgan fingerprint density at radius 1 is 1.18 bits per heavy atom. The molecular formula is C21H31F2N3O2. The van der Waals surface area contributed by atoms with Gasteiger partial charge in [0.05, 0.1) is 12.5 Å². The number of hydrogen-bond acceptors (Lipinski definition) is 4. The Kier molecular flexibility index (Phi) is 7.76. The molecule has 7 heteroatoms. The largest absolute Gasteiger partial charge is 0.383 e. The van der Waals surface area contributed by atoms with Gasteiger partial charge in [-0.3, -0.25) is 14.6 Å². The second-order valence-electron chi connectivity index (χ2n) is 7.87. The lowest BCUT2D eigenvalue weighted by molar-refractivity contribution is -0.127. The van der Waals surface area contributed by atoms with Crippen molar-refractivity contribution in [3.05, 3.63) is 35.4 Å². The van der Waals surface area contributed by atoms with Crippen molar-refractivity contribution in [3.8, 4) is 0 Å². The first-order chi connectivity index (χ1) is 13.6. The van der Waals surface area contributed by atoms with Gasteiger partial charge in [-0.05, 0) is 63.0 Å². The number of halogens is 2. The van der Waals surface area contributed by atoms with Crippen LogP contribution < -0.4 is 5.32 Å². The van der Waals surface area contributed by atoms with Crippen molar-refractivity contribution in [2.24, 2.45) is 5.92 Å². The summed E-state index contributed by atoms with van der Waals surface area (Å²) in [5.41, 5.74) is 0.808. The molecule has 0 bridgehead atoms. The smallest absolute Gasteiger partial charge is 0.224 e. The number of carbonyl (C=O) groups is 1. The van der Waals surface area contributed by atoms with Crippen molar-refractivity contribution >= 4 is 5.91 Å². The number of nitrogens with zero attached hydrogens (tertiary/aromatic N) is 2. The highest BCUT2D eigenvalue weighted by Gasteiger charge is 2.31. The average molecular weight is 395 g/mol. The highest BCUT2D eigenvalue weighted by molar-refractivity contribution is 5.78. The van der Waals surface area contributed by atoms with Gasteiger partial charge >= 0.3 is 0 Å². The van der Waals surface area contributed by atoms with E-state index in [0.29, 0.717) is 25.7 Å². The van der Waals surface area contributed by atoms with Crippen LogP contribution in [0.3, 0.4) is 0 Å². The van der Waals surface area contributed by atoms with Crippen molar-refractivity contribution in [1.82, 2.24) is 15.1 Å². The summed E-state index contributed by atoms with van der Waals surface area (Å²) in [6.07, 6.45) is 4.09. The zero-order valence-electron chi connectivity index (χ0n) is 16.6. The molecule has 1 aromatic carbocycles. The summed E-state index contributed by atoms with van der Waals surface area (Å²) in [6.45, 7) is 5.50. The first-order valence-corrected chi connectivity index (χ1v) is 10.2. The molecule has 2 heterocycles. The normalized spacial score (nSPS) is 22.3. The molecule has 1 atom stereocenters. The van der Waals surface area contributed by atoms with Crippen molar-refractivity contribution in [2.75, 3.05) is 46.4 Å². The first-order valence-electron chi connectivity index (χ1n) is 10.2. The second kappa shape index (κ2) is 10.3. The fourth-order valence-corrected chi connectivity index (χ4v) is 4.31. The number of nitrogens with one attached hydrogen (secondary N) is 1. The van der Waals surface area contributed by atoms with Gasteiger partial charge in [0, 0.05) is 32.8 Å². The van der Waals surface area contributed by atoms with Crippen molar-refractivity contribution in [1.29, 1.82) is 0 Å². The quantitative estimate of drug-likeness (QED) is 0.720. The molecule has 0 aliphatic carbocycles. The zero-order valence-corrected chi connectivity index (χ0v) is 16.6. The molecule has 0 saturated carbocycles. The van der Waals surface area contributed by atoms with Gasteiger partial charge in [0.15, 0.2) is 11.6 Å². The van der Waals surface area contributed by atoms with Crippen LogP contribution >= 0.6 is 0 Å². The topological polar surface area (TPSA) is 44.8 Å². The number of amides is 1. The third-order valence-electron chi connectivity index (χ3n) is 5.89. The molecule has 0 spiro atoms. The predicted octanol–water partition coefficient (Wildman–Crippen LogP) is 2.40. The van der Waals surface area contributed by atoms with Crippen molar-refractivity contribution < 1.29 is 18.3 Å². The first kappa shape index (κ1) is 21.1. The third-order valence-corrected chi connectivity index (χ3v) is 5.89. The minimum Gasteiger partial charge on any atom is -0.383 e. The Balaban J connectivity index is 1.45. The van der Waals surface area contributed by atoms with Crippen LogP contribution in [-0.4, -0.2) is 68.2 Å². The van der Waals surface area contributed by atoms with E-state index in [0.717, 1.165) is 57.4 Å². The monoisotopic (exact) mass is 395 g/mol. The molecule has 1 aromatic rings. The SMILES string of the molecule is COCCNC(=O)C1CCCN(C2CCN(Cc3ccc(F)c(F)c3)CC2)C1. The van der Waals surface area contributed by atoms with Crippen LogP contribution in [0.2, 0.25) is 0 Å². The lowest BCUT2D eigenvalue weighted by Crippen LogP contribution is -2.50. The number of methoxy groups -OCH3 is 1. The number of benzene rings is 1. The van der Waals surface area contributed by atoms with E-state index in [2.05, 4.69) is 15.1 Å². The fourth-order valence-electron chi connectivity index (χ4n) is 4.31. The van der Waals surface area contributed by atoms with Crippen molar-refractivity contribution in [3.63, 3.8) is 0 Å². The molecule has 1 unspecified atom stereocenters. The van der Waals surface area contributed by atoms with Crippen LogP contribution in [0, 0.1) is 17.6 Å². The van der Waals surface area contributed by atoms with Crippen LogP contribution in [0.25, 0.3) is 0 Å². The van der Waals surface area contributed by atoms with Crippen LogP contribution in [0.1, 0.15) is 31.2 Å². The summed E-state index contributed by atoms with van der Waals surface area (Å²) >= 11 is 0. The number of ether oxygens (including phenoxy) is 1. The van der Waals surface area contributed by atoms with Gasteiger partial charge in [-0.1, -0.05) is 6.07 Å². The second-order valence-corrected chi connectivity index (χ2v) is 7.87. The lowest BCUT2D eigenvalue weighted by atomic mass is 9.93. The number of hydrogen-bond donors (Lipinski definition) is 1. The standard InChI is InChI=1S/C21H31F2N3O2/c1-28-12-8-24-21(27)17-3-2-9-26(15-17)18-6-10-25(11-7-18)14-16-4-5-19(22)20(23)13-16/h4-5,13,17-18H,2-3,6-12,14-15H2,1H3,(H,24,27). The molecular weight excluding hydrogens is 364 g/mol. The van der Waals surface area contributed by atoms with E-state index in [9.17, 15) is 13.6 Å². The molecule has 1 N–H and O–H groups in total. The molecule has 2 aliphatic heterocycles. The maximum Gasteiger partial charge on any atom is 0.224 e. The molecule has 1 amide bonds. The third kappa shape index (κ3) is 5.72. The maximum atomic E-state index is 13.4. The van der Waals surface area contributed by atoms with E-state index >= 15 is 0 Å². The summed E-state index contributed by atoms with van der Waals surface area (Å²) in [5.74, 6) is -1.38. The molecule has 3 rings (SSSR count). The average Bonchev–Trinajstić information content (AvgIpc) is 2.71. The van der Waals surface area contributed by atoms with Crippen molar-refractivity contribution in [2.45, 2.75) is 38.3 Å². The van der Waals surface area contributed by atoms with Gasteiger partial charge in [-0.25, -0.2) is 8.78 Å². The van der Waals surface area contributed by atoms with Gasteiger partial charge in [0.1, 0.15) is 0 Å². The number of carbonyl (C=O) groups excluding carboxylic acids is 1. The van der Waals surface area contributed by atoms with E-state index in [4.69, 9.17) is 4.74 Å². The molecule has 2 saturated heterocycles. The molecule has 2 fully saturated rings. The summed E-state index contributed by atoms with van der Waals surface area (Å²) < 4.78 is 31.5. The van der Waals surface area contributed by atoms with E-state index in [1.807, 2.05) is 0 Å². The highest BCUT2D eigenvalue weighted by atomic mass is 19.2. The van der Waals surface area contributed by atoms with E-state index in [1.54, 1.807) is 13.2 Å². The molecule has 5 nitrogen and oxygen atoms in total. The van der Waals surface area contributed by atoms with Crippen LogP contribution in [-0.2, 0) is 16.1 Å². The Labute approximate surface area is 166 Å². The minimum absolute atomic E-state index is 0.0610. The Bertz CT molecular complexity index is 651. The summed E-state index contributed by atoms with van der Waals surface area (Å²) in [7, 11) is 1.63. The van der Waals surface area contributed by atoms with E-state index < -0.39 is 11.6 Å². The number of likely N-dealkylation sites (tertiary alicyclic amines) is 2. The lowest BCUT2D eigenvalue weighted by Gasteiger charge is -2.42. The van der Waals surface area contributed by atoms with E-state index in [1.165, 1.54) is 12.1 Å². The molecule has 28 heavy (non-hydrogen) atoms. The molecule has 156 valence electrons. The molecule has 0 aromatic heterocycles. The fraction of sp³-hybridized carbons (Fsp3) is 0.667. The summed E-state index contributed by atoms with van der Waals surface area (Å²) in [6, 6.07) is 4.64. The summed E-state index contributed by atoms with van der Waals surface area (Å²) in [4.78, 5) is 17.1. The van der Waals surface area contributed by atoms with Gasteiger partial charge in [-0.2, -0.15) is 0 Å². The Hall–Kier alpha value is -1.57. The van der Waals surface area contributed by atoms with Crippen LogP contribution in [0.4, 0.5) is 8.78 Å². The Morgan fingerprint density at radius 3 is 2.68 bits per heavy atom. The van der Waals surface area contributed by atoms with Gasteiger partial charge in [-0.15, -0.1) is 0 Å². The maximum absolute atomic E-state index is 13.4. The number of piperidine rings is 2. The molecule has 2 aliphatic rings. The van der Waals surface area contributed by atoms with Gasteiger partial charge < -0.3 is 10.1 Å². The van der Waals surface area contributed by atoms with Gasteiger partial charge in [0.2, 0.25) is 5.91 Å². The summed E-state index contributed by atoms with van der Waals surface area (Å²) in [5, 5.41) is 2.96. The van der Waals surface area contributed by atoms with Crippen LogP contribution in [0.5, 0.6) is 0 Å². The molecule has 0 radical (unpaired) electrons. The zero-order chi connectivity index (χ0) is 19.9.